The number of pyridine rings is 1. The molecule has 2 heterocycles. The van der Waals surface area contributed by atoms with Crippen molar-refractivity contribution in [1.82, 2.24) is 20.4 Å². The van der Waals surface area contributed by atoms with Crippen molar-refractivity contribution in [3.63, 3.8) is 0 Å². The molecule has 0 aliphatic heterocycles. The maximum atomic E-state index is 12.1. The van der Waals surface area contributed by atoms with Gasteiger partial charge in [-0.2, -0.15) is 5.10 Å². The van der Waals surface area contributed by atoms with Gasteiger partial charge in [0.15, 0.2) is 5.16 Å². The fourth-order valence-electron chi connectivity index (χ4n) is 2.34. The molecule has 0 spiro atoms. The normalized spacial score (nSPS) is 10.9. The van der Waals surface area contributed by atoms with E-state index in [2.05, 4.69) is 25.5 Å². The van der Waals surface area contributed by atoms with Crippen molar-refractivity contribution in [2.24, 2.45) is 5.10 Å². The molecule has 0 fully saturated rings. The zero-order valence-corrected chi connectivity index (χ0v) is 15.9. The Kier molecular flexibility index (Phi) is 6.27. The molecule has 0 atom stereocenters. The molecule has 1 aromatic carbocycles. The maximum Gasteiger partial charge on any atom is 0.271 e. The van der Waals surface area contributed by atoms with Crippen LogP contribution in [0.3, 0.4) is 0 Å². The molecule has 6 nitrogen and oxygen atoms in total. The third-order valence-electron chi connectivity index (χ3n) is 3.61. The summed E-state index contributed by atoms with van der Waals surface area (Å²) in [6.45, 7) is 3.92. The molecule has 0 saturated heterocycles. The molecule has 0 unspecified atom stereocenters. The Hall–Kier alpha value is -3.06. The molecule has 3 aromatic rings. The predicted octanol–water partition coefficient (Wildman–Crippen LogP) is 3.54. The molecule has 2 aromatic heterocycles. The van der Waals surface area contributed by atoms with E-state index in [-0.39, 0.29) is 5.91 Å². The van der Waals surface area contributed by atoms with Gasteiger partial charge in [0.05, 0.1) is 6.21 Å². The highest BCUT2D eigenvalue weighted by atomic mass is 32.2. The summed E-state index contributed by atoms with van der Waals surface area (Å²) in [5, 5.41) is 4.71. The number of aryl methyl sites for hydroxylation is 2. The molecule has 7 heteroatoms. The quantitative estimate of drug-likeness (QED) is 0.308. The first-order valence-electron chi connectivity index (χ1n) is 8.37. The third kappa shape index (κ3) is 5.72. The van der Waals surface area contributed by atoms with Crippen LogP contribution in [0.1, 0.15) is 32.9 Å². The van der Waals surface area contributed by atoms with Crippen molar-refractivity contribution in [3.05, 3.63) is 82.9 Å². The van der Waals surface area contributed by atoms with Gasteiger partial charge < -0.3 is 0 Å². The highest BCUT2D eigenvalue weighted by molar-refractivity contribution is 7.98. The van der Waals surface area contributed by atoms with Gasteiger partial charge in [-0.25, -0.2) is 15.4 Å². The number of hydrogen-bond donors (Lipinski definition) is 1. The Morgan fingerprint density at radius 3 is 2.56 bits per heavy atom. The standard InChI is InChI=1S/C20H19N5OS/c1-14-10-15(2)24-20(23-14)27-13-16-5-7-18(8-6-16)19(26)25-22-12-17-4-3-9-21-11-17/h3-12H,13H2,1-2H3,(H,25,26)/b22-12-. The van der Waals surface area contributed by atoms with Gasteiger partial charge in [0.2, 0.25) is 0 Å². The summed E-state index contributed by atoms with van der Waals surface area (Å²) in [6.07, 6.45) is 4.91. The van der Waals surface area contributed by atoms with Crippen LogP contribution in [0.25, 0.3) is 0 Å². The molecule has 0 bridgehead atoms. The molecule has 3 rings (SSSR count). The summed E-state index contributed by atoms with van der Waals surface area (Å²) in [5.74, 6) is 0.483. The number of hydrogen-bond acceptors (Lipinski definition) is 6. The van der Waals surface area contributed by atoms with Crippen LogP contribution in [-0.4, -0.2) is 27.1 Å². The summed E-state index contributed by atoms with van der Waals surface area (Å²) >= 11 is 1.58. The topological polar surface area (TPSA) is 80.1 Å². The minimum Gasteiger partial charge on any atom is -0.267 e. The number of hydrazone groups is 1. The van der Waals surface area contributed by atoms with E-state index >= 15 is 0 Å². The van der Waals surface area contributed by atoms with Gasteiger partial charge in [-0.15, -0.1) is 0 Å². The highest BCUT2D eigenvalue weighted by Gasteiger charge is 2.05. The molecule has 0 aliphatic rings. The third-order valence-corrected chi connectivity index (χ3v) is 4.53. The second-order valence-corrected chi connectivity index (χ2v) is 6.85. The van der Waals surface area contributed by atoms with Crippen LogP contribution in [0.2, 0.25) is 0 Å². The Labute approximate surface area is 162 Å². The molecule has 136 valence electrons. The lowest BCUT2D eigenvalue weighted by atomic mass is 10.1. The molecule has 1 N–H and O–H groups in total. The first-order chi connectivity index (χ1) is 13.1. The van der Waals surface area contributed by atoms with E-state index in [9.17, 15) is 4.79 Å². The van der Waals surface area contributed by atoms with Crippen molar-refractivity contribution in [3.8, 4) is 0 Å². The van der Waals surface area contributed by atoms with Gasteiger partial charge in [0.1, 0.15) is 0 Å². The molecule has 27 heavy (non-hydrogen) atoms. The van der Waals surface area contributed by atoms with E-state index < -0.39 is 0 Å². The van der Waals surface area contributed by atoms with Crippen molar-refractivity contribution in [1.29, 1.82) is 0 Å². The fraction of sp³-hybridized carbons (Fsp3) is 0.150. The Morgan fingerprint density at radius 1 is 1.15 bits per heavy atom. The van der Waals surface area contributed by atoms with Gasteiger partial charge in [-0.05, 0) is 43.7 Å². The molecule has 0 radical (unpaired) electrons. The van der Waals surface area contributed by atoms with Crippen LogP contribution >= 0.6 is 11.8 Å². The van der Waals surface area contributed by atoms with Gasteiger partial charge >= 0.3 is 0 Å². The van der Waals surface area contributed by atoms with E-state index in [0.717, 1.165) is 33.4 Å². The summed E-state index contributed by atoms with van der Waals surface area (Å²) in [6, 6.07) is 13.0. The van der Waals surface area contributed by atoms with Crippen LogP contribution in [0.5, 0.6) is 0 Å². The summed E-state index contributed by atoms with van der Waals surface area (Å²) < 4.78 is 0. The van der Waals surface area contributed by atoms with Gasteiger partial charge in [0, 0.05) is 40.7 Å². The molecule has 0 saturated carbocycles. The monoisotopic (exact) mass is 377 g/mol. The number of aromatic nitrogens is 3. The number of carbonyl (C=O) groups excluding carboxylic acids is 1. The van der Waals surface area contributed by atoms with E-state index in [0.29, 0.717) is 5.56 Å². The largest absolute Gasteiger partial charge is 0.271 e. The minimum absolute atomic E-state index is 0.257. The van der Waals surface area contributed by atoms with E-state index in [1.54, 1.807) is 42.5 Å². The first kappa shape index (κ1) is 18.7. The van der Waals surface area contributed by atoms with Gasteiger partial charge in [-0.3, -0.25) is 9.78 Å². The van der Waals surface area contributed by atoms with Crippen LogP contribution < -0.4 is 5.43 Å². The molecule has 0 aliphatic carbocycles. The Bertz CT molecular complexity index is 922. The zero-order valence-electron chi connectivity index (χ0n) is 15.1. The lowest BCUT2D eigenvalue weighted by Gasteiger charge is -2.04. The van der Waals surface area contributed by atoms with E-state index in [1.165, 1.54) is 0 Å². The van der Waals surface area contributed by atoms with Gasteiger partial charge in [0.25, 0.3) is 5.91 Å². The average molecular weight is 377 g/mol. The van der Waals surface area contributed by atoms with Crippen LogP contribution in [-0.2, 0) is 5.75 Å². The SMILES string of the molecule is Cc1cc(C)nc(SCc2ccc(C(=O)N/N=C\c3cccnc3)cc2)n1. The maximum absolute atomic E-state index is 12.1. The van der Waals surface area contributed by atoms with Crippen LogP contribution in [0.4, 0.5) is 0 Å². The Balaban J connectivity index is 1.54. The highest BCUT2D eigenvalue weighted by Crippen LogP contribution is 2.20. The zero-order chi connectivity index (χ0) is 19.1. The van der Waals surface area contributed by atoms with E-state index in [4.69, 9.17) is 0 Å². The van der Waals surface area contributed by atoms with Crippen molar-refractivity contribution < 1.29 is 4.79 Å². The average Bonchev–Trinajstić information content (AvgIpc) is 2.67. The summed E-state index contributed by atoms with van der Waals surface area (Å²) in [4.78, 5) is 25.0. The van der Waals surface area contributed by atoms with Crippen molar-refractivity contribution in [2.45, 2.75) is 24.8 Å². The number of benzene rings is 1. The first-order valence-corrected chi connectivity index (χ1v) is 9.36. The lowest BCUT2D eigenvalue weighted by molar-refractivity contribution is 0.0955. The van der Waals surface area contributed by atoms with Crippen molar-refractivity contribution in [2.75, 3.05) is 0 Å². The minimum atomic E-state index is -0.257. The second-order valence-electron chi connectivity index (χ2n) is 5.90. The number of nitrogens with one attached hydrogen (secondary N) is 1. The van der Waals surface area contributed by atoms with Gasteiger partial charge in [-0.1, -0.05) is 30.0 Å². The number of carbonyl (C=O) groups is 1. The number of amides is 1. The summed E-state index contributed by atoms with van der Waals surface area (Å²) in [7, 11) is 0. The number of rotatable bonds is 6. The molecular formula is C20H19N5OS. The molecule has 1 amide bonds. The Morgan fingerprint density at radius 2 is 1.89 bits per heavy atom. The van der Waals surface area contributed by atoms with E-state index in [1.807, 2.05) is 44.2 Å². The lowest BCUT2D eigenvalue weighted by Crippen LogP contribution is -2.17. The number of thioether (sulfide) groups is 1. The summed E-state index contributed by atoms with van der Waals surface area (Å²) in [5.41, 5.74) is 6.90. The van der Waals surface area contributed by atoms with Crippen LogP contribution in [0.15, 0.2) is 65.1 Å². The predicted molar refractivity (Wildman–Crippen MR) is 107 cm³/mol. The smallest absolute Gasteiger partial charge is 0.267 e. The second kappa shape index (κ2) is 9.05. The van der Waals surface area contributed by atoms with Crippen molar-refractivity contribution >= 4 is 23.9 Å². The van der Waals surface area contributed by atoms with Crippen LogP contribution in [0, 0.1) is 13.8 Å². The fourth-order valence-corrected chi connectivity index (χ4v) is 3.25. The number of nitrogens with zero attached hydrogens (tertiary/aromatic N) is 4. The molecular weight excluding hydrogens is 358 g/mol.